The standard InChI is InChI=1S/C24H24F3N3O3/c1-16(2)21(33-20-6-4-3-5-18(20)15-28)23(32)30-13-11-29(12-14-30)22(31)17-7-9-19(10-8-17)24(25,26)27/h3-10,16,21H,11-14H2,1-2H3. The zero-order chi connectivity index (χ0) is 24.2. The van der Waals surface area contributed by atoms with Gasteiger partial charge >= 0.3 is 6.18 Å². The number of ether oxygens (including phenoxy) is 1. The Bertz CT molecular complexity index is 1040. The van der Waals surface area contributed by atoms with Crippen molar-refractivity contribution in [2.45, 2.75) is 26.1 Å². The van der Waals surface area contributed by atoms with Crippen LogP contribution in [0.3, 0.4) is 0 Å². The highest BCUT2D eigenvalue weighted by Gasteiger charge is 2.33. The molecule has 9 heteroatoms. The first kappa shape index (κ1) is 24.1. The van der Waals surface area contributed by atoms with Gasteiger partial charge in [0.2, 0.25) is 0 Å². The number of hydrogen-bond donors (Lipinski definition) is 0. The Morgan fingerprint density at radius 1 is 0.970 bits per heavy atom. The zero-order valence-corrected chi connectivity index (χ0v) is 18.3. The van der Waals surface area contributed by atoms with E-state index in [2.05, 4.69) is 0 Å². The lowest BCUT2D eigenvalue weighted by Gasteiger charge is -2.37. The Morgan fingerprint density at radius 2 is 1.55 bits per heavy atom. The highest BCUT2D eigenvalue weighted by molar-refractivity contribution is 5.94. The summed E-state index contributed by atoms with van der Waals surface area (Å²) in [6, 6.07) is 12.8. The van der Waals surface area contributed by atoms with Gasteiger partial charge in [-0.15, -0.1) is 0 Å². The molecule has 6 nitrogen and oxygen atoms in total. The molecule has 1 fully saturated rings. The summed E-state index contributed by atoms with van der Waals surface area (Å²) >= 11 is 0. The maximum Gasteiger partial charge on any atom is 0.416 e. The van der Waals surface area contributed by atoms with Gasteiger partial charge < -0.3 is 14.5 Å². The van der Waals surface area contributed by atoms with Gasteiger partial charge in [0.05, 0.1) is 11.1 Å². The fourth-order valence-corrected chi connectivity index (χ4v) is 3.56. The molecule has 2 aromatic rings. The van der Waals surface area contributed by atoms with E-state index in [0.29, 0.717) is 11.3 Å². The number of alkyl halides is 3. The van der Waals surface area contributed by atoms with E-state index in [-0.39, 0.29) is 49.5 Å². The second-order valence-corrected chi connectivity index (χ2v) is 8.08. The van der Waals surface area contributed by atoms with Crippen molar-refractivity contribution in [3.05, 3.63) is 65.2 Å². The summed E-state index contributed by atoms with van der Waals surface area (Å²) in [4.78, 5) is 28.9. The first-order valence-corrected chi connectivity index (χ1v) is 10.5. The number of nitrogens with zero attached hydrogens (tertiary/aromatic N) is 3. The van der Waals surface area contributed by atoms with Crippen molar-refractivity contribution >= 4 is 11.8 Å². The van der Waals surface area contributed by atoms with Gasteiger partial charge in [0.1, 0.15) is 11.8 Å². The molecule has 3 rings (SSSR count). The van der Waals surface area contributed by atoms with Crippen LogP contribution in [0.4, 0.5) is 13.2 Å². The van der Waals surface area contributed by atoms with Gasteiger partial charge in [-0.3, -0.25) is 9.59 Å². The van der Waals surface area contributed by atoms with Gasteiger partial charge in [-0.1, -0.05) is 26.0 Å². The molecule has 0 aliphatic carbocycles. The number of carbonyl (C=O) groups is 2. The molecule has 2 aromatic carbocycles. The number of hydrogen-bond acceptors (Lipinski definition) is 4. The van der Waals surface area contributed by atoms with Gasteiger partial charge in [-0.05, 0) is 42.3 Å². The number of piperazine rings is 1. The van der Waals surface area contributed by atoms with E-state index in [1.807, 2.05) is 19.9 Å². The Hall–Kier alpha value is -3.54. The molecule has 0 spiro atoms. The van der Waals surface area contributed by atoms with Crippen LogP contribution in [0.25, 0.3) is 0 Å². The maximum absolute atomic E-state index is 13.1. The van der Waals surface area contributed by atoms with Gasteiger partial charge in [-0.25, -0.2) is 0 Å². The molecule has 0 N–H and O–H groups in total. The van der Waals surface area contributed by atoms with Crippen LogP contribution in [0.15, 0.2) is 48.5 Å². The number of rotatable bonds is 5. The maximum atomic E-state index is 13.1. The topological polar surface area (TPSA) is 73.6 Å². The molecule has 0 radical (unpaired) electrons. The molecule has 1 unspecified atom stereocenters. The van der Waals surface area contributed by atoms with E-state index in [0.717, 1.165) is 24.3 Å². The number of para-hydroxylation sites is 1. The minimum atomic E-state index is -4.46. The average Bonchev–Trinajstić information content (AvgIpc) is 2.81. The van der Waals surface area contributed by atoms with Crippen LogP contribution in [0, 0.1) is 17.2 Å². The smallest absolute Gasteiger partial charge is 0.416 e. The van der Waals surface area contributed by atoms with Crippen LogP contribution >= 0.6 is 0 Å². The lowest BCUT2D eigenvalue weighted by atomic mass is 10.0. The molecule has 1 saturated heterocycles. The molecule has 174 valence electrons. The van der Waals surface area contributed by atoms with Crippen molar-refractivity contribution in [2.75, 3.05) is 26.2 Å². The second-order valence-electron chi connectivity index (χ2n) is 8.08. The van der Waals surface area contributed by atoms with Gasteiger partial charge in [0, 0.05) is 31.7 Å². The Kier molecular flexibility index (Phi) is 7.26. The van der Waals surface area contributed by atoms with Gasteiger partial charge in [-0.2, -0.15) is 18.4 Å². The summed E-state index contributed by atoms with van der Waals surface area (Å²) in [5, 5.41) is 9.27. The molecule has 33 heavy (non-hydrogen) atoms. The minimum absolute atomic E-state index is 0.156. The second kappa shape index (κ2) is 9.94. The Labute approximate surface area is 190 Å². The number of amides is 2. The summed E-state index contributed by atoms with van der Waals surface area (Å²) < 4.78 is 44.1. The van der Waals surface area contributed by atoms with Crippen molar-refractivity contribution in [3.63, 3.8) is 0 Å². The van der Waals surface area contributed by atoms with Crippen LogP contribution < -0.4 is 4.74 Å². The molecule has 0 aromatic heterocycles. The Balaban J connectivity index is 1.63. The highest BCUT2D eigenvalue weighted by atomic mass is 19.4. The summed E-state index contributed by atoms with van der Waals surface area (Å²) in [6.07, 6.45) is -5.26. The van der Waals surface area contributed by atoms with Crippen LogP contribution in [0.2, 0.25) is 0 Å². The number of nitriles is 1. The predicted octanol–water partition coefficient (Wildman–Crippen LogP) is 3.97. The third kappa shape index (κ3) is 5.64. The van der Waals surface area contributed by atoms with Crippen molar-refractivity contribution < 1.29 is 27.5 Å². The van der Waals surface area contributed by atoms with Crippen molar-refractivity contribution in [1.29, 1.82) is 5.26 Å². The van der Waals surface area contributed by atoms with Crippen LogP contribution in [-0.4, -0.2) is 53.9 Å². The van der Waals surface area contributed by atoms with E-state index < -0.39 is 17.8 Å². The fraction of sp³-hybridized carbons (Fsp3) is 0.375. The van der Waals surface area contributed by atoms with Crippen molar-refractivity contribution in [1.82, 2.24) is 9.80 Å². The molecular weight excluding hydrogens is 435 g/mol. The molecular formula is C24H24F3N3O3. The minimum Gasteiger partial charge on any atom is -0.479 e. The van der Waals surface area contributed by atoms with E-state index in [1.54, 1.807) is 29.2 Å². The van der Waals surface area contributed by atoms with Gasteiger partial charge in [0.15, 0.2) is 6.10 Å². The normalized spacial score (nSPS) is 15.2. The largest absolute Gasteiger partial charge is 0.479 e. The first-order chi connectivity index (χ1) is 15.6. The summed E-state index contributed by atoms with van der Waals surface area (Å²) in [6.45, 7) is 4.76. The van der Waals surface area contributed by atoms with Crippen LogP contribution in [0.5, 0.6) is 5.75 Å². The number of halogens is 3. The predicted molar refractivity (Wildman–Crippen MR) is 114 cm³/mol. The van der Waals surface area contributed by atoms with E-state index >= 15 is 0 Å². The van der Waals surface area contributed by atoms with Crippen LogP contribution in [-0.2, 0) is 11.0 Å². The van der Waals surface area contributed by atoms with Crippen molar-refractivity contribution in [2.24, 2.45) is 5.92 Å². The molecule has 1 aliphatic rings. The van der Waals surface area contributed by atoms with E-state index in [4.69, 9.17) is 4.74 Å². The molecule has 1 atom stereocenters. The summed E-state index contributed by atoms with van der Waals surface area (Å²) in [5.74, 6) is -0.436. The highest BCUT2D eigenvalue weighted by Crippen LogP contribution is 2.29. The zero-order valence-electron chi connectivity index (χ0n) is 18.3. The average molecular weight is 459 g/mol. The third-order valence-corrected chi connectivity index (χ3v) is 5.45. The molecule has 2 amide bonds. The number of benzene rings is 2. The van der Waals surface area contributed by atoms with E-state index in [9.17, 15) is 28.0 Å². The Morgan fingerprint density at radius 3 is 2.09 bits per heavy atom. The summed E-state index contributed by atoms with van der Waals surface area (Å²) in [7, 11) is 0. The van der Waals surface area contributed by atoms with Gasteiger partial charge in [0.25, 0.3) is 11.8 Å². The fourth-order valence-electron chi connectivity index (χ4n) is 3.56. The van der Waals surface area contributed by atoms with Crippen LogP contribution in [0.1, 0.15) is 35.3 Å². The lowest BCUT2D eigenvalue weighted by Crippen LogP contribution is -2.54. The number of carbonyl (C=O) groups excluding carboxylic acids is 2. The molecule has 0 saturated carbocycles. The SMILES string of the molecule is CC(C)C(Oc1ccccc1C#N)C(=O)N1CCN(C(=O)c2ccc(C(F)(F)F)cc2)CC1. The summed E-state index contributed by atoms with van der Waals surface area (Å²) in [5.41, 5.74) is -0.311. The quantitative estimate of drug-likeness (QED) is 0.679. The molecule has 1 heterocycles. The van der Waals surface area contributed by atoms with Crippen molar-refractivity contribution in [3.8, 4) is 11.8 Å². The lowest BCUT2D eigenvalue weighted by molar-refractivity contribution is -0.142. The third-order valence-electron chi connectivity index (χ3n) is 5.45. The monoisotopic (exact) mass is 459 g/mol. The molecule has 0 bridgehead atoms. The van der Waals surface area contributed by atoms with E-state index in [1.165, 1.54) is 4.90 Å². The molecule has 1 aliphatic heterocycles. The first-order valence-electron chi connectivity index (χ1n) is 10.5.